The van der Waals surface area contributed by atoms with Crippen LogP contribution in [0.4, 0.5) is 0 Å². The minimum absolute atomic E-state index is 0.00208. The number of carbonyl (C=O) groups excluding carboxylic acids is 2. The summed E-state index contributed by atoms with van der Waals surface area (Å²) in [6.45, 7) is 2.25. The average Bonchev–Trinajstić information content (AvgIpc) is 3.08. The molecule has 1 aromatic heterocycles. The topological polar surface area (TPSA) is 75.4 Å². The van der Waals surface area contributed by atoms with E-state index in [2.05, 4.69) is 10.5 Å². The highest BCUT2D eigenvalue weighted by molar-refractivity contribution is 5.95. The van der Waals surface area contributed by atoms with Gasteiger partial charge in [0.1, 0.15) is 24.0 Å². The predicted octanol–water partition coefficient (Wildman–Crippen LogP) is 0.220. The molecule has 1 aliphatic heterocycles. The van der Waals surface area contributed by atoms with Crippen molar-refractivity contribution in [3.63, 3.8) is 0 Å². The molecule has 1 unspecified atom stereocenters. The van der Waals surface area contributed by atoms with Crippen molar-refractivity contribution in [2.45, 2.75) is 32.4 Å². The number of nitrogens with zero attached hydrogens (tertiary/aromatic N) is 2. The molecule has 1 saturated carbocycles. The molecule has 1 saturated heterocycles. The molecular formula is C12H15N3O3. The van der Waals surface area contributed by atoms with Gasteiger partial charge in [-0.2, -0.15) is 0 Å². The van der Waals surface area contributed by atoms with Gasteiger partial charge in [0.25, 0.3) is 0 Å². The fourth-order valence-electron chi connectivity index (χ4n) is 2.30. The van der Waals surface area contributed by atoms with Crippen molar-refractivity contribution in [2.24, 2.45) is 5.92 Å². The molecule has 6 heteroatoms. The molecule has 96 valence electrons. The normalized spacial score (nSPS) is 24.3. The summed E-state index contributed by atoms with van der Waals surface area (Å²) in [7, 11) is 0. The molecule has 2 amide bonds. The number of hydrogen-bond acceptors (Lipinski definition) is 4. The lowest BCUT2D eigenvalue weighted by Gasteiger charge is -2.32. The largest absolute Gasteiger partial charge is 0.361 e. The molecule has 0 radical (unpaired) electrons. The minimum atomic E-state index is -0.334. The quantitative estimate of drug-likeness (QED) is 0.831. The van der Waals surface area contributed by atoms with Gasteiger partial charge in [0, 0.05) is 6.07 Å². The molecule has 18 heavy (non-hydrogen) atoms. The Kier molecular flexibility index (Phi) is 2.57. The molecule has 0 aromatic carbocycles. The standard InChI is InChI=1S/C12H15N3O3/c1-7-4-9(14-18-7)5-15-6-10(16)13-11(12(15)17)8-2-3-8/h4,8,11H,2-3,5-6H2,1H3,(H,13,16). The molecule has 6 nitrogen and oxygen atoms in total. The second kappa shape index (κ2) is 4.12. The lowest BCUT2D eigenvalue weighted by Crippen LogP contribution is -2.58. The number of hydrogen-bond donors (Lipinski definition) is 1. The number of aromatic nitrogens is 1. The third-order valence-electron chi connectivity index (χ3n) is 3.35. The van der Waals surface area contributed by atoms with Crippen LogP contribution in [0.5, 0.6) is 0 Å². The average molecular weight is 249 g/mol. The summed E-state index contributed by atoms with van der Waals surface area (Å²) in [6, 6.07) is 1.45. The molecule has 1 aromatic rings. The first-order valence-corrected chi connectivity index (χ1v) is 6.14. The van der Waals surface area contributed by atoms with Crippen LogP contribution in [0.3, 0.4) is 0 Å². The third-order valence-corrected chi connectivity index (χ3v) is 3.35. The van der Waals surface area contributed by atoms with Crippen LogP contribution in [0.1, 0.15) is 24.3 Å². The molecular weight excluding hydrogens is 234 g/mol. The second-order valence-electron chi connectivity index (χ2n) is 5.01. The van der Waals surface area contributed by atoms with Crippen molar-refractivity contribution in [3.8, 4) is 0 Å². The monoisotopic (exact) mass is 249 g/mol. The molecule has 1 atom stereocenters. The first-order valence-electron chi connectivity index (χ1n) is 6.14. The van der Waals surface area contributed by atoms with E-state index in [9.17, 15) is 9.59 Å². The van der Waals surface area contributed by atoms with Crippen molar-refractivity contribution in [1.29, 1.82) is 0 Å². The lowest BCUT2D eigenvalue weighted by molar-refractivity contribution is -0.145. The van der Waals surface area contributed by atoms with Crippen LogP contribution in [0.25, 0.3) is 0 Å². The summed E-state index contributed by atoms with van der Waals surface area (Å²) >= 11 is 0. The van der Waals surface area contributed by atoms with Crippen molar-refractivity contribution >= 4 is 11.8 Å². The maximum atomic E-state index is 12.2. The van der Waals surface area contributed by atoms with Crippen LogP contribution in [-0.2, 0) is 16.1 Å². The Bertz CT molecular complexity index is 493. The van der Waals surface area contributed by atoms with E-state index < -0.39 is 0 Å². The molecule has 0 spiro atoms. The van der Waals surface area contributed by atoms with Crippen LogP contribution in [0, 0.1) is 12.8 Å². The van der Waals surface area contributed by atoms with Gasteiger partial charge in [-0.05, 0) is 25.7 Å². The van der Waals surface area contributed by atoms with Gasteiger partial charge in [-0.15, -0.1) is 0 Å². The highest BCUT2D eigenvalue weighted by Gasteiger charge is 2.42. The highest BCUT2D eigenvalue weighted by atomic mass is 16.5. The molecule has 2 fully saturated rings. The van der Waals surface area contributed by atoms with E-state index in [-0.39, 0.29) is 24.4 Å². The maximum Gasteiger partial charge on any atom is 0.246 e. The SMILES string of the molecule is Cc1cc(CN2CC(=O)NC(C3CC3)C2=O)no1. The van der Waals surface area contributed by atoms with E-state index in [1.807, 2.05) is 0 Å². The zero-order chi connectivity index (χ0) is 12.7. The van der Waals surface area contributed by atoms with Crippen LogP contribution in [0.15, 0.2) is 10.6 Å². The Morgan fingerprint density at radius 1 is 1.50 bits per heavy atom. The van der Waals surface area contributed by atoms with Gasteiger partial charge in [0.05, 0.1) is 6.54 Å². The van der Waals surface area contributed by atoms with Crippen LogP contribution in [0.2, 0.25) is 0 Å². The van der Waals surface area contributed by atoms with Gasteiger partial charge in [0.2, 0.25) is 11.8 Å². The summed E-state index contributed by atoms with van der Waals surface area (Å²) in [5.74, 6) is 0.936. The van der Waals surface area contributed by atoms with Gasteiger partial charge in [-0.25, -0.2) is 0 Å². The summed E-state index contributed by atoms with van der Waals surface area (Å²) in [4.78, 5) is 25.4. The van der Waals surface area contributed by atoms with E-state index in [0.29, 0.717) is 23.9 Å². The van der Waals surface area contributed by atoms with Gasteiger partial charge in [-0.3, -0.25) is 9.59 Å². The second-order valence-corrected chi connectivity index (χ2v) is 5.01. The Hall–Kier alpha value is -1.85. The molecule has 0 bridgehead atoms. The highest BCUT2D eigenvalue weighted by Crippen LogP contribution is 2.34. The molecule has 3 rings (SSSR count). The Morgan fingerprint density at radius 3 is 2.89 bits per heavy atom. The van der Waals surface area contributed by atoms with E-state index >= 15 is 0 Å². The Balaban J connectivity index is 1.73. The minimum Gasteiger partial charge on any atom is -0.361 e. The van der Waals surface area contributed by atoms with Crippen molar-refractivity contribution in [3.05, 3.63) is 17.5 Å². The van der Waals surface area contributed by atoms with E-state index in [1.165, 1.54) is 0 Å². The smallest absolute Gasteiger partial charge is 0.246 e. The number of aryl methyl sites for hydroxylation is 1. The van der Waals surface area contributed by atoms with E-state index in [4.69, 9.17) is 4.52 Å². The zero-order valence-corrected chi connectivity index (χ0v) is 10.2. The number of amides is 2. The summed E-state index contributed by atoms with van der Waals surface area (Å²) < 4.78 is 4.97. The number of piperazine rings is 1. The fraction of sp³-hybridized carbons (Fsp3) is 0.583. The van der Waals surface area contributed by atoms with E-state index in [1.54, 1.807) is 17.9 Å². The molecule has 2 heterocycles. The molecule has 1 N–H and O–H groups in total. The summed E-state index contributed by atoms with van der Waals surface area (Å²) in [5.41, 5.74) is 0.685. The van der Waals surface area contributed by atoms with Gasteiger partial charge < -0.3 is 14.7 Å². The van der Waals surface area contributed by atoms with Gasteiger partial charge in [-0.1, -0.05) is 5.16 Å². The van der Waals surface area contributed by atoms with Crippen molar-refractivity contribution in [2.75, 3.05) is 6.54 Å². The van der Waals surface area contributed by atoms with Crippen LogP contribution in [-0.4, -0.2) is 34.5 Å². The van der Waals surface area contributed by atoms with Crippen molar-refractivity contribution in [1.82, 2.24) is 15.4 Å². The predicted molar refractivity (Wildman–Crippen MR) is 61.3 cm³/mol. The first-order chi connectivity index (χ1) is 8.63. The van der Waals surface area contributed by atoms with Crippen molar-refractivity contribution < 1.29 is 14.1 Å². The third kappa shape index (κ3) is 2.10. The zero-order valence-electron chi connectivity index (χ0n) is 10.2. The van der Waals surface area contributed by atoms with Gasteiger partial charge in [0.15, 0.2) is 0 Å². The van der Waals surface area contributed by atoms with E-state index in [0.717, 1.165) is 12.8 Å². The number of carbonyl (C=O) groups is 2. The van der Waals surface area contributed by atoms with Gasteiger partial charge >= 0.3 is 0 Å². The number of rotatable bonds is 3. The summed E-state index contributed by atoms with van der Waals surface area (Å²) in [5, 5.41) is 6.63. The fourth-order valence-corrected chi connectivity index (χ4v) is 2.30. The lowest BCUT2D eigenvalue weighted by atomic mass is 10.1. The molecule has 2 aliphatic rings. The molecule has 1 aliphatic carbocycles. The van der Waals surface area contributed by atoms with Crippen LogP contribution < -0.4 is 5.32 Å². The number of nitrogens with one attached hydrogen (secondary N) is 1. The Morgan fingerprint density at radius 2 is 2.28 bits per heavy atom. The summed E-state index contributed by atoms with van der Waals surface area (Å²) in [6.07, 6.45) is 2.04. The first kappa shape index (κ1) is 11.3. The van der Waals surface area contributed by atoms with Crippen LogP contribution >= 0.6 is 0 Å². The maximum absolute atomic E-state index is 12.2. The Labute approximate surface area is 104 Å².